The summed E-state index contributed by atoms with van der Waals surface area (Å²) >= 11 is 0. The summed E-state index contributed by atoms with van der Waals surface area (Å²) < 4.78 is 0. The first-order chi connectivity index (χ1) is 7.15. The number of carbonyl (C=O) groups is 1. The van der Waals surface area contributed by atoms with Crippen molar-refractivity contribution in [3.63, 3.8) is 0 Å². The van der Waals surface area contributed by atoms with Crippen molar-refractivity contribution in [2.45, 2.75) is 25.9 Å². The van der Waals surface area contributed by atoms with E-state index in [0.717, 1.165) is 24.7 Å². The van der Waals surface area contributed by atoms with Crippen LogP contribution in [0.25, 0.3) is 0 Å². The molecule has 0 aromatic carbocycles. The Hall–Kier alpha value is -0.890. The molecule has 0 bridgehead atoms. The van der Waals surface area contributed by atoms with Gasteiger partial charge in [0.15, 0.2) is 0 Å². The zero-order chi connectivity index (χ0) is 11.0. The van der Waals surface area contributed by atoms with Gasteiger partial charge in [0.2, 0.25) is 0 Å². The first kappa shape index (κ1) is 10.6. The van der Waals surface area contributed by atoms with Gasteiger partial charge in [-0.3, -0.25) is 0 Å². The molecule has 1 fully saturated rings. The van der Waals surface area contributed by atoms with Crippen LogP contribution in [0.4, 0.5) is 0 Å². The second kappa shape index (κ2) is 3.93. The number of hydrogen-bond donors (Lipinski definition) is 1. The van der Waals surface area contributed by atoms with Gasteiger partial charge in [-0.1, -0.05) is 31.2 Å². The molecule has 0 heterocycles. The minimum atomic E-state index is -0.299. The Morgan fingerprint density at radius 3 is 2.93 bits per heavy atom. The van der Waals surface area contributed by atoms with Crippen molar-refractivity contribution in [2.75, 3.05) is 0 Å². The van der Waals surface area contributed by atoms with Crippen LogP contribution in [-0.2, 0) is 4.79 Å². The fourth-order valence-corrected chi connectivity index (χ4v) is 2.95. The molecule has 0 unspecified atom stereocenters. The Morgan fingerprint density at radius 1 is 1.53 bits per heavy atom. The van der Waals surface area contributed by atoms with Crippen LogP contribution in [-0.4, -0.2) is 17.5 Å². The molecule has 0 radical (unpaired) electrons. The van der Waals surface area contributed by atoms with Crippen molar-refractivity contribution in [2.24, 2.45) is 23.7 Å². The van der Waals surface area contributed by atoms with Crippen LogP contribution in [0.3, 0.4) is 0 Å². The number of aliphatic hydroxyl groups is 1. The van der Waals surface area contributed by atoms with E-state index in [1.165, 1.54) is 0 Å². The summed E-state index contributed by atoms with van der Waals surface area (Å²) in [5.74, 6) is 0.539. The van der Waals surface area contributed by atoms with Crippen LogP contribution in [0.5, 0.6) is 0 Å². The third kappa shape index (κ3) is 1.67. The average Bonchev–Trinajstić information content (AvgIpc) is 2.23. The highest BCUT2D eigenvalue weighted by atomic mass is 16.3. The summed E-state index contributed by atoms with van der Waals surface area (Å²) in [7, 11) is 0. The molecule has 2 heteroatoms. The van der Waals surface area contributed by atoms with Gasteiger partial charge in [-0.25, -0.2) is 0 Å². The summed E-state index contributed by atoms with van der Waals surface area (Å²) in [6.45, 7) is 6.12. The fraction of sp³-hybridized carbons (Fsp3) is 0.615. The van der Waals surface area contributed by atoms with Gasteiger partial charge in [-0.15, -0.1) is 0 Å². The van der Waals surface area contributed by atoms with Crippen LogP contribution >= 0.6 is 0 Å². The molecular formula is C13H18O2. The Bertz CT molecular complexity index is 306. The third-order valence-electron chi connectivity index (χ3n) is 3.91. The van der Waals surface area contributed by atoms with Crippen LogP contribution in [0, 0.1) is 23.7 Å². The van der Waals surface area contributed by atoms with E-state index in [1.807, 2.05) is 0 Å². The van der Waals surface area contributed by atoms with Gasteiger partial charge < -0.3 is 9.90 Å². The maximum absolute atomic E-state index is 11.1. The van der Waals surface area contributed by atoms with Crippen molar-refractivity contribution < 1.29 is 9.90 Å². The molecule has 2 aliphatic rings. The van der Waals surface area contributed by atoms with E-state index in [0.29, 0.717) is 0 Å². The second-order valence-electron chi connectivity index (χ2n) is 4.82. The minimum absolute atomic E-state index is 0.00227. The average molecular weight is 206 g/mol. The van der Waals surface area contributed by atoms with E-state index in [-0.39, 0.29) is 29.8 Å². The van der Waals surface area contributed by atoms with Gasteiger partial charge in [0, 0.05) is 11.8 Å². The van der Waals surface area contributed by atoms with E-state index in [1.54, 1.807) is 0 Å². The van der Waals surface area contributed by atoms with Crippen molar-refractivity contribution in [3.8, 4) is 0 Å². The van der Waals surface area contributed by atoms with E-state index in [2.05, 4.69) is 25.7 Å². The van der Waals surface area contributed by atoms with E-state index >= 15 is 0 Å². The lowest BCUT2D eigenvalue weighted by atomic mass is 9.63. The van der Waals surface area contributed by atoms with Crippen LogP contribution < -0.4 is 0 Å². The number of fused-ring (bicyclic) bond motifs is 1. The van der Waals surface area contributed by atoms with Crippen LogP contribution in [0.15, 0.2) is 24.3 Å². The van der Waals surface area contributed by atoms with Crippen molar-refractivity contribution in [1.82, 2.24) is 0 Å². The summed E-state index contributed by atoms with van der Waals surface area (Å²) in [5, 5.41) is 9.91. The summed E-state index contributed by atoms with van der Waals surface area (Å²) in [5.41, 5.74) is 1.14. The summed E-state index contributed by atoms with van der Waals surface area (Å²) in [4.78, 5) is 11.1. The molecule has 5 atom stereocenters. The van der Waals surface area contributed by atoms with Gasteiger partial charge in [-0.05, 0) is 24.7 Å². The molecule has 0 amide bonds. The highest BCUT2D eigenvalue weighted by molar-refractivity contribution is 5.57. The Balaban J connectivity index is 2.33. The monoisotopic (exact) mass is 206 g/mol. The molecule has 2 rings (SSSR count). The number of aldehydes is 1. The first-order valence-corrected chi connectivity index (χ1v) is 5.64. The molecule has 2 aliphatic carbocycles. The van der Waals surface area contributed by atoms with Crippen LogP contribution in [0.2, 0.25) is 0 Å². The summed E-state index contributed by atoms with van der Waals surface area (Å²) in [6.07, 6.45) is 6.51. The van der Waals surface area contributed by atoms with Crippen LogP contribution in [0.1, 0.15) is 19.8 Å². The maximum Gasteiger partial charge on any atom is 0.124 e. The topological polar surface area (TPSA) is 37.3 Å². The van der Waals surface area contributed by atoms with Gasteiger partial charge >= 0.3 is 0 Å². The highest BCUT2D eigenvalue weighted by Gasteiger charge is 2.41. The van der Waals surface area contributed by atoms with Crippen molar-refractivity contribution >= 4 is 6.29 Å². The largest absolute Gasteiger partial charge is 0.392 e. The molecular weight excluding hydrogens is 188 g/mol. The molecule has 0 spiro atoms. The highest BCUT2D eigenvalue weighted by Crippen LogP contribution is 2.44. The number of carbonyl (C=O) groups excluding carboxylic acids is 1. The lowest BCUT2D eigenvalue weighted by Gasteiger charge is -2.42. The number of rotatable bonds is 1. The predicted octanol–water partition coefficient (Wildman–Crippen LogP) is 1.95. The Kier molecular flexibility index (Phi) is 2.79. The molecule has 0 aromatic rings. The number of allylic oxidation sites excluding steroid dienone is 2. The lowest BCUT2D eigenvalue weighted by Crippen LogP contribution is -2.41. The molecule has 15 heavy (non-hydrogen) atoms. The number of aliphatic hydroxyl groups excluding tert-OH is 1. The molecule has 0 aliphatic heterocycles. The SMILES string of the molecule is C=C1CC[C@@H](O)[C@@H]2C=C[C@H](C)[C@H](C=O)[C@@H]12. The smallest absolute Gasteiger partial charge is 0.124 e. The zero-order valence-electron chi connectivity index (χ0n) is 9.10. The van der Waals surface area contributed by atoms with Crippen molar-refractivity contribution in [1.29, 1.82) is 0 Å². The first-order valence-electron chi connectivity index (χ1n) is 5.64. The maximum atomic E-state index is 11.1. The number of hydrogen-bond acceptors (Lipinski definition) is 2. The Labute approximate surface area is 90.7 Å². The third-order valence-corrected chi connectivity index (χ3v) is 3.91. The van der Waals surface area contributed by atoms with Gasteiger partial charge in [0.25, 0.3) is 0 Å². The van der Waals surface area contributed by atoms with E-state index in [4.69, 9.17) is 0 Å². The minimum Gasteiger partial charge on any atom is -0.392 e. The Morgan fingerprint density at radius 2 is 2.27 bits per heavy atom. The molecule has 0 aromatic heterocycles. The van der Waals surface area contributed by atoms with E-state index < -0.39 is 0 Å². The normalized spacial score (nSPS) is 44.9. The van der Waals surface area contributed by atoms with Crippen molar-refractivity contribution in [3.05, 3.63) is 24.3 Å². The summed E-state index contributed by atoms with van der Waals surface area (Å²) in [6, 6.07) is 0. The molecule has 2 nitrogen and oxygen atoms in total. The molecule has 82 valence electrons. The molecule has 1 N–H and O–H groups in total. The molecule has 0 saturated heterocycles. The standard InChI is InChI=1S/C13H18O2/c1-8-3-5-10-12(15)6-4-9(2)13(10)11(8)7-14/h3,5,7-8,10-13,15H,2,4,6H2,1H3/t8-,10-,11-,12+,13-/m0/s1. The zero-order valence-corrected chi connectivity index (χ0v) is 9.10. The predicted molar refractivity (Wildman–Crippen MR) is 59.2 cm³/mol. The van der Waals surface area contributed by atoms with Gasteiger partial charge in [0.1, 0.15) is 6.29 Å². The fourth-order valence-electron chi connectivity index (χ4n) is 2.95. The molecule has 1 saturated carbocycles. The van der Waals surface area contributed by atoms with E-state index in [9.17, 15) is 9.90 Å². The lowest BCUT2D eigenvalue weighted by molar-refractivity contribution is -0.114. The van der Waals surface area contributed by atoms with Gasteiger partial charge in [-0.2, -0.15) is 0 Å². The quantitative estimate of drug-likeness (QED) is 0.526. The van der Waals surface area contributed by atoms with Gasteiger partial charge in [0.05, 0.1) is 6.10 Å². The second-order valence-corrected chi connectivity index (χ2v) is 4.82.